The van der Waals surface area contributed by atoms with E-state index in [1.807, 2.05) is 6.92 Å². The molecule has 3 rings (SSSR count). The summed E-state index contributed by atoms with van der Waals surface area (Å²) in [5.74, 6) is -0.0719. The van der Waals surface area contributed by atoms with Crippen molar-refractivity contribution in [1.29, 1.82) is 0 Å². The Labute approximate surface area is 185 Å². The fourth-order valence-electron chi connectivity index (χ4n) is 4.22. The number of carbonyl (C=O) groups is 1. The summed E-state index contributed by atoms with van der Waals surface area (Å²) in [4.78, 5) is 14.8. The molecule has 1 aromatic rings. The van der Waals surface area contributed by atoms with Gasteiger partial charge in [-0.05, 0) is 57.8 Å². The van der Waals surface area contributed by atoms with Crippen LogP contribution in [-0.4, -0.2) is 75.4 Å². The number of benzene rings is 1. The van der Waals surface area contributed by atoms with Gasteiger partial charge in [0.2, 0.25) is 15.9 Å². The van der Waals surface area contributed by atoms with E-state index in [0.717, 1.165) is 25.2 Å². The van der Waals surface area contributed by atoms with E-state index in [2.05, 4.69) is 14.9 Å². The van der Waals surface area contributed by atoms with Gasteiger partial charge in [-0.3, -0.25) is 4.79 Å². The largest absolute Gasteiger partial charge is 0.394 e. The molecular weight excluding hydrogens is 418 g/mol. The second-order valence-electron chi connectivity index (χ2n) is 8.55. The van der Waals surface area contributed by atoms with Crippen LogP contribution >= 0.6 is 0 Å². The highest BCUT2D eigenvalue weighted by Crippen LogP contribution is 2.23. The monoisotopic (exact) mass is 453 g/mol. The normalized spacial score (nSPS) is 25.3. The summed E-state index contributed by atoms with van der Waals surface area (Å²) in [6.45, 7) is 5.26. The molecule has 3 N–H and O–H groups in total. The summed E-state index contributed by atoms with van der Waals surface area (Å²) in [7, 11) is -3.71. The van der Waals surface area contributed by atoms with Gasteiger partial charge in [-0.1, -0.05) is 24.1 Å². The van der Waals surface area contributed by atoms with Gasteiger partial charge in [0.15, 0.2) is 0 Å². The molecule has 0 spiro atoms. The second-order valence-corrected chi connectivity index (χ2v) is 10.3. The van der Waals surface area contributed by atoms with Crippen LogP contribution in [0.3, 0.4) is 0 Å². The first-order valence-electron chi connectivity index (χ1n) is 11.2. The molecular formula is C22H35N3O5S. The summed E-state index contributed by atoms with van der Waals surface area (Å²) in [6.07, 6.45) is 4.00. The summed E-state index contributed by atoms with van der Waals surface area (Å²) < 4.78 is 33.9. The molecule has 9 heteroatoms. The zero-order valence-corrected chi connectivity index (χ0v) is 19.1. The summed E-state index contributed by atoms with van der Waals surface area (Å²) in [5.41, 5.74) is 0.977. The number of aliphatic hydroxyl groups excluding tert-OH is 1. The van der Waals surface area contributed by atoms with Crippen LogP contribution in [0.5, 0.6) is 0 Å². The van der Waals surface area contributed by atoms with Gasteiger partial charge < -0.3 is 20.1 Å². The standard InChI is InChI=1S/C22H35N3O5S/c1-17-5-8-19(9-6-17)31(28,29)24-20-10-7-18(30-21(20)16-26)15-22(27)23-11-14-25-12-3-2-4-13-25/h5-6,8-9,18,20-21,24,26H,2-4,7,10-16H2,1H3,(H,23,27)/t18-,20-,21-/m0/s1. The predicted molar refractivity (Wildman–Crippen MR) is 118 cm³/mol. The number of carbonyl (C=O) groups excluding carboxylic acids is 1. The first-order valence-corrected chi connectivity index (χ1v) is 12.7. The lowest BCUT2D eigenvalue weighted by atomic mass is 9.98. The fourth-order valence-corrected chi connectivity index (χ4v) is 5.52. The van der Waals surface area contributed by atoms with Crippen LogP contribution in [0.1, 0.15) is 44.1 Å². The van der Waals surface area contributed by atoms with E-state index in [9.17, 15) is 18.3 Å². The number of piperidine rings is 1. The summed E-state index contributed by atoms with van der Waals surface area (Å²) >= 11 is 0. The second kappa shape index (κ2) is 11.4. The van der Waals surface area contributed by atoms with E-state index < -0.39 is 22.2 Å². The first-order chi connectivity index (χ1) is 14.9. The topological polar surface area (TPSA) is 108 Å². The Bertz CT molecular complexity index is 809. The van der Waals surface area contributed by atoms with E-state index in [4.69, 9.17) is 4.74 Å². The minimum Gasteiger partial charge on any atom is -0.394 e. The Morgan fingerprint density at radius 1 is 1.16 bits per heavy atom. The van der Waals surface area contributed by atoms with Crippen LogP contribution < -0.4 is 10.0 Å². The first kappa shape index (κ1) is 24.1. The zero-order chi connectivity index (χ0) is 22.3. The third kappa shape index (κ3) is 7.25. The Morgan fingerprint density at radius 2 is 1.87 bits per heavy atom. The molecule has 8 nitrogen and oxygen atoms in total. The third-order valence-corrected chi connectivity index (χ3v) is 7.55. The molecule has 174 valence electrons. The average Bonchev–Trinajstić information content (AvgIpc) is 2.75. The highest BCUT2D eigenvalue weighted by molar-refractivity contribution is 7.89. The van der Waals surface area contributed by atoms with Crippen molar-refractivity contribution in [2.75, 3.05) is 32.8 Å². The molecule has 2 saturated heterocycles. The highest BCUT2D eigenvalue weighted by Gasteiger charge is 2.34. The minimum absolute atomic E-state index is 0.0719. The minimum atomic E-state index is -3.71. The maximum atomic E-state index is 12.7. The predicted octanol–water partition coefficient (Wildman–Crippen LogP) is 1.17. The number of nitrogens with zero attached hydrogens (tertiary/aromatic N) is 1. The molecule has 3 atom stereocenters. The van der Waals surface area contributed by atoms with Crippen LogP contribution in [-0.2, 0) is 19.6 Å². The molecule has 0 saturated carbocycles. The number of amides is 1. The van der Waals surface area contributed by atoms with E-state index in [0.29, 0.717) is 19.4 Å². The van der Waals surface area contributed by atoms with Gasteiger partial charge in [-0.25, -0.2) is 13.1 Å². The summed E-state index contributed by atoms with van der Waals surface area (Å²) in [6, 6.07) is 6.08. The fraction of sp³-hybridized carbons (Fsp3) is 0.682. The molecule has 0 unspecified atom stereocenters. The van der Waals surface area contributed by atoms with Crippen molar-refractivity contribution in [1.82, 2.24) is 14.9 Å². The lowest BCUT2D eigenvalue weighted by Crippen LogP contribution is -2.51. The SMILES string of the molecule is Cc1ccc(S(=O)(=O)N[C@H]2CC[C@@H](CC(=O)NCCN3CCCCC3)O[C@H]2CO)cc1. The van der Waals surface area contributed by atoms with Gasteiger partial charge in [-0.2, -0.15) is 0 Å². The number of sulfonamides is 1. The molecule has 2 fully saturated rings. The van der Waals surface area contributed by atoms with E-state index in [-0.39, 0.29) is 29.9 Å². The van der Waals surface area contributed by atoms with Gasteiger partial charge in [0.25, 0.3) is 0 Å². The molecule has 1 aromatic carbocycles. The van der Waals surface area contributed by atoms with Crippen LogP contribution in [0, 0.1) is 6.92 Å². The third-order valence-electron chi connectivity index (χ3n) is 6.05. The molecule has 1 amide bonds. The van der Waals surface area contributed by atoms with Gasteiger partial charge in [-0.15, -0.1) is 0 Å². The molecule has 0 aromatic heterocycles. The maximum absolute atomic E-state index is 12.7. The number of nitrogens with one attached hydrogen (secondary N) is 2. The van der Waals surface area contributed by atoms with Crippen LogP contribution in [0.15, 0.2) is 29.2 Å². The van der Waals surface area contributed by atoms with Crippen LogP contribution in [0.4, 0.5) is 0 Å². The van der Waals surface area contributed by atoms with Crippen molar-refractivity contribution in [2.45, 2.75) is 68.6 Å². The molecule has 2 aliphatic heterocycles. The highest BCUT2D eigenvalue weighted by atomic mass is 32.2. The van der Waals surface area contributed by atoms with Crippen molar-refractivity contribution in [3.05, 3.63) is 29.8 Å². The molecule has 0 radical (unpaired) electrons. The molecule has 31 heavy (non-hydrogen) atoms. The van der Waals surface area contributed by atoms with Crippen molar-refractivity contribution in [3.63, 3.8) is 0 Å². The Hall–Kier alpha value is -1.52. The zero-order valence-electron chi connectivity index (χ0n) is 18.3. The van der Waals surface area contributed by atoms with E-state index in [1.165, 1.54) is 19.3 Å². The maximum Gasteiger partial charge on any atom is 0.240 e. The number of rotatable bonds is 9. The number of aliphatic hydroxyl groups is 1. The van der Waals surface area contributed by atoms with Gasteiger partial charge >= 0.3 is 0 Å². The van der Waals surface area contributed by atoms with Gasteiger partial charge in [0, 0.05) is 13.1 Å². The molecule has 2 heterocycles. The van der Waals surface area contributed by atoms with Gasteiger partial charge in [0.1, 0.15) is 0 Å². The van der Waals surface area contributed by atoms with Crippen LogP contribution in [0.25, 0.3) is 0 Å². The van der Waals surface area contributed by atoms with E-state index in [1.54, 1.807) is 24.3 Å². The number of aryl methyl sites for hydroxylation is 1. The van der Waals surface area contributed by atoms with E-state index >= 15 is 0 Å². The Morgan fingerprint density at radius 3 is 2.55 bits per heavy atom. The molecule has 0 bridgehead atoms. The average molecular weight is 454 g/mol. The van der Waals surface area contributed by atoms with Gasteiger partial charge in [0.05, 0.1) is 36.2 Å². The van der Waals surface area contributed by atoms with Crippen molar-refractivity contribution < 1.29 is 23.1 Å². The quantitative estimate of drug-likeness (QED) is 0.518. The summed E-state index contributed by atoms with van der Waals surface area (Å²) in [5, 5.41) is 12.7. The lowest BCUT2D eigenvalue weighted by molar-refractivity contribution is -0.130. The van der Waals surface area contributed by atoms with Crippen molar-refractivity contribution in [3.8, 4) is 0 Å². The lowest BCUT2D eigenvalue weighted by Gasteiger charge is -2.35. The van der Waals surface area contributed by atoms with Crippen molar-refractivity contribution >= 4 is 15.9 Å². The number of ether oxygens (including phenoxy) is 1. The number of hydrogen-bond donors (Lipinski definition) is 3. The Balaban J connectivity index is 1.45. The smallest absolute Gasteiger partial charge is 0.240 e. The Kier molecular flexibility index (Phi) is 8.85. The van der Waals surface area contributed by atoms with Crippen LogP contribution in [0.2, 0.25) is 0 Å². The van der Waals surface area contributed by atoms with Crippen molar-refractivity contribution in [2.24, 2.45) is 0 Å². The molecule has 0 aliphatic carbocycles. The number of likely N-dealkylation sites (tertiary alicyclic amines) is 1. The number of hydrogen-bond acceptors (Lipinski definition) is 6. The molecule has 2 aliphatic rings.